The van der Waals surface area contributed by atoms with E-state index in [4.69, 9.17) is 11.6 Å². The average Bonchev–Trinajstić information content (AvgIpc) is 2.59. The molecule has 2 bridgehead atoms. The first-order chi connectivity index (χ1) is 12.5. The average molecular weight is 372 g/mol. The summed E-state index contributed by atoms with van der Waals surface area (Å²) in [5.74, 6) is 0.705. The fourth-order valence-electron chi connectivity index (χ4n) is 4.20. The molecule has 26 heavy (non-hydrogen) atoms. The number of nitrogens with one attached hydrogen (secondary N) is 1. The van der Waals surface area contributed by atoms with Crippen LogP contribution in [0.3, 0.4) is 0 Å². The number of halogens is 1. The third kappa shape index (κ3) is 3.41. The van der Waals surface area contributed by atoms with Gasteiger partial charge in [-0.25, -0.2) is 0 Å². The predicted octanol–water partition coefficient (Wildman–Crippen LogP) is 2.87. The Morgan fingerprint density at radius 3 is 2.88 bits per heavy atom. The van der Waals surface area contributed by atoms with Crippen molar-refractivity contribution in [3.05, 3.63) is 63.0 Å². The number of likely N-dealkylation sites (tertiary alicyclic amines) is 1. The van der Waals surface area contributed by atoms with Gasteiger partial charge in [-0.1, -0.05) is 23.7 Å². The van der Waals surface area contributed by atoms with Crippen molar-refractivity contribution in [2.45, 2.75) is 25.8 Å². The molecule has 2 aliphatic rings. The third-order valence-corrected chi connectivity index (χ3v) is 5.79. The molecule has 2 aromatic rings. The van der Waals surface area contributed by atoms with Crippen LogP contribution in [0.25, 0.3) is 0 Å². The Morgan fingerprint density at radius 2 is 2.08 bits per heavy atom. The first-order valence-electron chi connectivity index (χ1n) is 8.97. The monoisotopic (exact) mass is 371 g/mol. The van der Waals surface area contributed by atoms with E-state index in [-0.39, 0.29) is 11.5 Å². The highest BCUT2D eigenvalue weighted by Crippen LogP contribution is 2.34. The lowest BCUT2D eigenvalue weighted by Crippen LogP contribution is -2.49. The van der Waals surface area contributed by atoms with Gasteiger partial charge in [-0.15, -0.1) is 0 Å². The van der Waals surface area contributed by atoms with Crippen molar-refractivity contribution in [2.75, 3.05) is 25.0 Å². The van der Waals surface area contributed by atoms with Crippen LogP contribution in [0.5, 0.6) is 0 Å². The zero-order chi connectivity index (χ0) is 18.3. The number of carbonyl (C=O) groups excluding carboxylic acids is 1. The van der Waals surface area contributed by atoms with Crippen LogP contribution in [0, 0.1) is 12.8 Å². The summed E-state index contributed by atoms with van der Waals surface area (Å²) < 4.78 is 1.91. The second kappa shape index (κ2) is 6.89. The molecule has 1 aromatic heterocycles. The largest absolute Gasteiger partial charge is 0.325 e. The number of nitrogens with zero attached hydrogens (tertiary/aromatic N) is 2. The van der Waals surface area contributed by atoms with E-state index in [9.17, 15) is 9.59 Å². The van der Waals surface area contributed by atoms with Crippen LogP contribution in [-0.4, -0.2) is 35.0 Å². The summed E-state index contributed by atoms with van der Waals surface area (Å²) in [6.07, 6.45) is 1.09. The van der Waals surface area contributed by atoms with Crippen LogP contribution in [-0.2, 0) is 11.3 Å². The van der Waals surface area contributed by atoms with Crippen molar-refractivity contribution < 1.29 is 4.79 Å². The van der Waals surface area contributed by atoms with Gasteiger partial charge >= 0.3 is 0 Å². The quantitative estimate of drug-likeness (QED) is 0.902. The minimum atomic E-state index is -0.0321. The van der Waals surface area contributed by atoms with Gasteiger partial charge in [0, 0.05) is 48.0 Å². The Kier molecular flexibility index (Phi) is 4.59. The van der Waals surface area contributed by atoms with Crippen LogP contribution in [0.1, 0.15) is 23.6 Å². The number of pyridine rings is 1. The van der Waals surface area contributed by atoms with E-state index in [2.05, 4.69) is 10.2 Å². The van der Waals surface area contributed by atoms with Crippen LogP contribution in [0.2, 0.25) is 5.02 Å². The van der Waals surface area contributed by atoms with Crippen molar-refractivity contribution in [2.24, 2.45) is 5.92 Å². The molecule has 1 amide bonds. The lowest BCUT2D eigenvalue weighted by molar-refractivity contribution is -0.117. The number of anilines is 1. The van der Waals surface area contributed by atoms with E-state index in [1.807, 2.05) is 35.8 Å². The number of amides is 1. The van der Waals surface area contributed by atoms with Crippen molar-refractivity contribution in [3.8, 4) is 0 Å². The molecule has 0 saturated carbocycles. The zero-order valence-electron chi connectivity index (χ0n) is 14.7. The molecule has 136 valence electrons. The van der Waals surface area contributed by atoms with Gasteiger partial charge in [0.2, 0.25) is 5.91 Å². The van der Waals surface area contributed by atoms with Gasteiger partial charge in [-0.2, -0.15) is 0 Å². The smallest absolute Gasteiger partial charge is 0.250 e. The van der Waals surface area contributed by atoms with E-state index in [1.54, 1.807) is 12.1 Å². The van der Waals surface area contributed by atoms with Gasteiger partial charge in [0.1, 0.15) is 0 Å². The summed E-state index contributed by atoms with van der Waals surface area (Å²) in [7, 11) is 0. The lowest BCUT2D eigenvalue weighted by atomic mass is 9.83. The number of carbonyl (C=O) groups is 1. The van der Waals surface area contributed by atoms with E-state index >= 15 is 0 Å². The molecule has 1 saturated heterocycles. The molecule has 0 radical (unpaired) electrons. The number of hydrogen-bond acceptors (Lipinski definition) is 3. The molecule has 4 rings (SSSR count). The number of aryl methyl sites for hydroxylation is 1. The number of benzene rings is 1. The molecule has 0 spiro atoms. The summed E-state index contributed by atoms with van der Waals surface area (Å²) in [5.41, 5.74) is 2.89. The molecular weight excluding hydrogens is 350 g/mol. The SMILES string of the molecule is Cc1ccc(NC(=O)CN2C[C@@H]3C[C@H](C2)c2cccc(=O)n2C3)cc1Cl. The minimum absolute atomic E-state index is 0.0321. The van der Waals surface area contributed by atoms with E-state index in [1.165, 1.54) is 0 Å². The summed E-state index contributed by atoms with van der Waals surface area (Å²) in [4.78, 5) is 26.7. The molecular formula is C20H22ClN3O2. The Balaban J connectivity index is 1.43. The normalized spacial score (nSPS) is 21.9. The van der Waals surface area contributed by atoms with Crippen molar-refractivity contribution in [3.63, 3.8) is 0 Å². The topological polar surface area (TPSA) is 54.3 Å². The summed E-state index contributed by atoms with van der Waals surface area (Å²) in [5, 5.41) is 3.58. The van der Waals surface area contributed by atoms with Crippen molar-refractivity contribution in [1.29, 1.82) is 0 Å². The van der Waals surface area contributed by atoms with Crippen molar-refractivity contribution in [1.82, 2.24) is 9.47 Å². The van der Waals surface area contributed by atoms with Gasteiger partial charge in [-0.3, -0.25) is 14.5 Å². The third-order valence-electron chi connectivity index (χ3n) is 5.38. The van der Waals surface area contributed by atoms with Gasteiger partial charge in [-0.05, 0) is 43.0 Å². The maximum Gasteiger partial charge on any atom is 0.250 e. The lowest BCUT2D eigenvalue weighted by Gasteiger charge is -2.42. The maximum atomic E-state index is 12.4. The first kappa shape index (κ1) is 17.3. The molecule has 1 fully saturated rings. The van der Waals surface area contributed by atoms with Gasteiger partial charge in [0.25, 0.3) is 5.56 Å². The number of hydrogen-bond donors (Lipinski definition) is 1. The summed E-state index contributed by atoms with van der Waals surface area (Å²) >= 11 is 6.12. The van der Waals surface area contributed by atoms with Crippen LogP contribution >= 0.6 is 11.6 Å². The van der Waals surface area contributed by atoms with Crippen LogP contribution in [0.4, 0.5) is 5.69 Å². The number of aromatic nitrogens is 1. The summed E-state index contributed by atoms with van der Waals surface area (Å²) in [6.45, 7) is 4.69. The molecule has 1 N–H and O–H groups in total. The maximum absolute atomic E-state index is 12.4. The summed E-state index contributed by atoms with van der Waals surface area (Å²) in [6, 6.07) is 11.1. The number of piperidine rings is 1. The molecule has 6 heteroatoms. The van der Waals surface area contributed by atoms with Gasteiger partial charge in [0.15, 0.2) is 0 Å². The Hall–Kier alpha value is -2.11. The van der Waals surface area contributed by atoms with Crippen LogP contribution < -0.4 is 10.9 Å². The Morgan fingerprint density at radius 1 is 1.23 bits per heavy atom. The standard InChI is InChI=1S/C20H22ClN3O2/c1-13-5-6-16(8-17(13)21)22-19(25)12-23-9-14-7-15(11-23)18-3-2-4-20(26)24(18)10-14/h2-6,8,14-15H,7,9-12H2,1H3,(H,22,25)/t14-,15+/m0/s1. The van der Waals surface area contributed by atoms with Gasteiger partial charge in [0.05, 0.1) is 6.54 Å². The van der Waals surface area contributed by atoms with Crippen LogP contribution in [0.15, 0.2) is 41.2 Å². The number of rotatable bonds is 3. The minimum Gasteiger partial charge on any atom is -0.325 e. The highest BCUT2D eigenvalue weighted by molar-refractivity contribution is 6.31. The predicted molar refractivity (Wildman–Crippen MR) is 103 cm³/mol. The van der Waals surface area contributed by atoms with Crippen molar-refractivity contribution >= 4 is 23.2 Å². The fraction of sp³-hybridized carbons (Fsp3) is 0.400. The van der Waals surface area contributed by atoms with E-state index in [0.717, 1.165) is 43.0 Å². The molecule has 2 aliphatic heterocycles. The highest BCUT2D eigenvalue weighted by Gasteiger charge is 2.34. The van der Waals surface area contributed by atoms with E-state index < -0.39 is 0 Å². The fourth-order valence-corrected chi connectivity index (χ4v) is 4.38. The molecule has 0 unspecified atom stereocenters. The molecule has 0 aliphatic carbocycles. The molecule has 1 aromatic carbocycles. The Labute approximate surface area is 157 Å². The highest BCUT2D eigenvalue weighted by atomic mass is 35.5. The second-order valence-corrected chi connectivity index (χ2v) is 7.81. The molecule has 3 heterocycles. The van der Waals surface area contributed by atoms with Gasteiger partial charge < -0.3 is 9.88 Å². The second-order valence-electron chi connectivity index (χ2n) is 7.40. The Bertz CT molecular complexity index is 908. The molecule has 2 atom stereocenters. The van der Waals surface area contributed by atoms with E-state index in [0.29, 0.717) is 23.4 Å². The molecule has 5 nitrogen and oxygen atoms in total. The zero-order valence-corrected chi connectivity index (χ0v) is 15.5. The first-order valence-corrected chi connectivity index (χ1v) is 9.35. The number of fused-ring (bicyclic) bond motifs is 4.